The van der Waals surface area contributed by atoms with Gasteiger partial charge < -0.3 is 5.32 Å². The molecule has 0 bridgehead atoms. The van der Waals surface area contributed by atoms with Crippen LogP contribution in [-0.4, -0.2) is 12.6 Å². The number of rotatable bonds is 4. The molecule has 0 saturated heterocycles. The quantitative estimate of drug-likeness (QED) is 0.748. The summed E-state index contributed by atoms with van der Waals surface area (Å²) in [6, 6.07) is 0.699. The van der Waals surface area contributed by atoms with E-state index in [1.54, 1.807) is 0 Å². The second-order valence-corrected chi connectivity index (χ2v) is 5.84. The van der Waals surface area contributed by atoms with Gasteiger partial charge >= 0.3 is 0 Å². The van der Waals surface area contributed by atoms with E-state index in [4.69, 9.17) is 0 Å². The fourth-order valence-electron chi connectivity index (χ4n) is 3.32. The van der Waals surface area contributed by atoms with E-state index < -0.39 is 0 Å². The molecule has 0 spiro atoms. The van der Waals surface area contributed by atoms with Gasteiger partial charge in [0.15, 0.2) is 0 Å². The van der Waals surface area contributed by atoms with E-state index in [-0.39, 0.29) is 0 Å². The monoisotopic (exact) mass is 211 g/mol. The van der Waals surface area contributed by atoms with Crippen molar-refractivity contribution in [2.75, 3.05) is 6.54 Å². The summed E-state index contributed by atoms with van der Waals surface area (Å²) in [4.78, 5) is 0. The molecular formula is C14H29N. The molecule has 1 N–H and O–H groups in total. The molecule has 15 heavy (non-hydrogen) atoms. The molecule has 1 fully saturated rings. The van der Waals surface area contributed by atoms with Gasteiger partial charge in [-0.25, -0.2) is 0 Å². The van der Waals surface area contributed by atoms with Crippen molar-refractivity contribution in [2.45, 2.75) is 59.9 Å². The lowest BCUT2D eigenvalue weighted by molar-refractivity contribution is 0.114. The Bertz CT molecular complexity index is 176. The first-order valence-corrected chi connectivity index (χ1v) is 6.79. The third kappa shape index (κ3) is 3.48. The largest absolute Gasteiger partial charge is 0.314 e. The van der Waals surface area contributed by atoms with Crippen molar-refractivity contribution in [1.82, 2.24) is 5.32 Å². The second-order valence-electron chi connectivity index (χ2n) is 5.84. The van der Waals surface area contributed by atoms with Crippen LogP contribution in [0.15, 0.2) is 0 Å². The molecule has 1 rings (SSSR count). The molecule has 0 amide bonds. The van der Waals surface area contributed by atoms with Crippen LogP contribution >= 0.6 is 0 Å². The maximum atomic E-state index is 3.62. The zero-order chi connectivity index (χ0) is 11.4. The number of hydrogen-bond donors (Lipinski definition) is 1. The van der Waals surface area contributed by atoms with Crippen LogP contribution in [0.2, 0.25) is 0 Å². The summed E-state index contributed by atoms with van der Waals surface area (Å²) in [6.07, 6.45) is 4.31. The van der Waals surface area contributed by atoms with Gasteiger partial charge in [-0.15, -0.1) is 0 Å². The lowest BCUT2D eigenvalue weighted by Crippen LogP contribution is -2.42. The minimum Gasteiger partial charge on any atom is -0.314 e. The Hall–Kier alpha value is -0.0400. The average Bonchev–Trinajstić information content (AvgIpc) is 2.17. The van der Waals surface area contributed by atoms with Crippen LogP contribution in [0.5, 0.6) is 0 Å². The molecule has 0 aromatic carbocycles. The summed E-state index contributed by atoms with van der Waals surface area (Å²) >= 11 is 0. The van der Waals surface area contributed by atoms with Crippen LogP contribution in [0.4, 0.5) is 0 Å². The molecule has 4 unspecified atom stereocenters. The molecule has 0 heterocycles. The highest BCUT2D eigenvalue weighted by atomic mass is 14.9. The van der Waals surface area contributed by atoms with Crippen molar-refractivity contribution in [3.05, 3.63) is 0 Å². The zero-order valence-corrected chi connectivity index (χ0v) is 11.2. The fourth-order valence-corrected chi connectivity index (χ4v) is 3.32. The Morgan fingerprint density at radius 2 is 1.80 bits per heavy atom. The van der Waals surface area contributed by atoms with E-state index >= 15 is 0 Å². The lowest BCUT2D eigenvalue weighted by Gasteiger charge is -2.41. The molecule has 1 aliphatic carbocycles. The molecule has 0 radical (unpaired) electrons. The first-order chi connectivity index (χ1) is 7.06. The van der Waals surface area contributed by atoms with E-state index in [2.05, 4.69) is 39.9 Å². The summed E-state index contributed by atoms with van der Waals surface area (Å²) in [7, 11) is 0. The van der Waals surface area contributed by atoms with E-state index in [1.807, 2.05) is 0 Å². The van der Waals surface area contributed by atoms with Crippen LogP contribution in [0.25, 0.3) is 0 Å². The molecule has 4 atom stereocenters. The Labute approximate surface area is 96.0 Å². The van der Waals surface area contributed by atoms with Crippen molar-refractivity contribution in [3.63, 3.8) is 0 Å². The van der Waals surface area contributed by atoms with E-state index in [1.165, 1.54) is 19.3 Å². The molecule has 1 aliphatic rings. The lowest BCUT2D eigenvalue weighted by atomic mass is 9.67. The summed E-state index contributed by atoms with van der Waals surface area (Å²) in [5.74, 6) is 3.62. The Morgan fingerprint density at radius 3 is 2.33 bits per heavy atom. The van der Waals surface area contributed by atoms with Crippen LogP contribution < -0.4 is 5.32 Å². The predicted molar refractivity (Wildman–Crippen MR) is 68.0 cm³/mol. The average molecular weight is 211 g/mol. The minimum absolute atomic E-state index is 0.699. The van der Waals surface area contributed by atoms with Crippen molar-refractivity contribution in [1.29, 1.82) is 0 Å². The van der Waals surface area contributed by atoms with Gasteiger partial charge in [0.25, 0.3) is 0 Å². The zero-order valence-electron chi connectivity index (χ0n) is 11.2. The van der Waals surface area contributed by atoms with Gasteiger partial charge in [0.2, 0.25) is 0 Å². The summed E-state index contributed by atoms with van der Waals surface area (Å²) in [6.45, 7) is 12.9. The maximum Gasteiger partial charge on any atom is 0.00697 e. The molecule has 1 heteroatoms. The highest BCUT2D eigenvalue weighted by molar-refractivity contribution is 4.86. The van der Waals surface area contributed by atoms with E-state index in [0.29, 0.717) is 6.04 Å². The van der Waals surface area contributed by atoms with Gasteiger partial charge in [-0.1, -0.05) is 34.1 Å². The van der Waals surface area contributed by atoms with Crippen LogP contribution in [0.1, 0.15) is 53.9 Å². The standard InChI is InChI=1S/C14H29N/c1-6-15-12(5)14-9-11(4)7-8-13(14)10(2)3/h10-15H,6-9H2,1-5H3. The van der Waals surface area contributed by atoms with Crippen LogP contribution in [0.3, 0.4) is 0 Å². The van der Waals surface area contributed by atoms with Crippen LogP contribution in [-0.2, 0) is 0 Å². The predicted octanol–water partition coefficient (Wildman–Crippen LogP) is 3.69. The Kier molecular flexibility index (Phi) is 5.11. The molecule has 1 nitrogen and oxygen atoms in total. The van der Waals surface area contributed by atoms with E-state index in [9.17, 15) is 0 Å². The molecule has 0 aliphatic heterocycles. The highest BCUT2D eigenvalue weighted by Crippen LogP contribution is 2.39. The SMILES string of the molecule is CCNC(C)C1CC(C)CCC1C(C)C. The second kappa shape index (κ2) is 5.89. The Morgan fingerprint density at radius 1 is 1.13 bits per heavy atom. The van der Waals surface area contributed by atoms with Gasteiger partial charge in [0.05, 0.1) is 0 Å². The van der Waals surface area contributed by atoms with Gasteiger partial charge in [-0.3, -0.25) is 0 Å². The first-order valence-electron chi connectivity index (χ1n) is 6.79. The summed E-state index contributed by atoms with van der Waals surface area (Å²) in [5.41, 5.74) is 0. The van der Waals surface area contributed by atoms with Gasteiger partial charge in [-0.05, 0) is 50.0 Å². The minimum atomic E-state index is 0.699. The number of nitrogens with one attached hydrogen (secondary N) is 1. The fraction of sp³-hybridized carbons (Fsp3) is 1.00. The molecular weight excluding hydrogens is 182 g/mol. The maximum absolute atomic E-state index is 3.62. The normalized spacial score (nSPS) is 34.4. The third-order valence-electron chi connectivity index (χ3n) is 4.24. The molecule has 0 aromatic rings. The topological polar surface area (TPSA) is 12.0 Å². The van der Waals surface area contributed by atoms with Gasteiger partial charge in [0.1, 0.15) is 0 Å². The molecule has 0 aromatic heterocycles. The molecule has 1 saturated carbocycles. The first kappa shape index (κ1) is 13.0. The summed E-state index contributed by atoms with van der Waals surface area (Å²) < 4.78 is 0. The number of hydrogen-bond acceptors (Lipinski definition) is 1. The Balaban J connectivity index is 2.61. The smallest absolute Gasteiger partial charge is 0.00697 e. The van der Waals surface area contributed by atoms with Gasteiger partial charge in [0, 0.05) is 6.04 Å². The van der Waals surface area contributed by atoms with Crippen molar-refractivity contribution in [2.24, 2.45) is 23.7 Å². The molecule has 90 valence electrons. The van der Waals surface area contributed by atoms with Crippen molar-refractivity contribution >= 4 is 0 Å². The van der Waals surface area contributed by atoms with Crippen LogP contribution in [0, 0.1) is 23.7 Å². The summed E-state index contributed by atoms with van der Waals surface area (Å²) in [5, 5.41) is 3.62. The van der Waals surface area contributed by atoms with Gasteiger partial charge in [-0.2, -0.15) is 0 Å². The van der Waals surface area contributed by atoms with Crippen molar-refractivity contribution in [3.8, 4) is 0 Å². The van der Waals surface area contributed by atoms with Crippen molar-refractivity contribution < 1.29 is 0 Å². The highest BCUT2D eigenvalue weighted by Gasteiger charge is 2.33. The van der Waals surface area contributed by atoms with E-state index in [0.717, 1.165) is 30.2 Å². The third-order valence-corrected chi connectivity index (χ3v) is 4.24.